The number of allylic oxidation sites excluding steroid dienone is 1. The Morgan fingerprint density at radius 1 is 1.00 bits per heavy atom. The zero-order valence-electron chi connectivity index (χ0n) is 10.2. The fraction of sp³-hybridized carbons (Fsp3) is 0. The topological polar surface area (TPSA) is 17.3 Å². The number of fused-ring (bicyclic) bond motifs is 7. The van der Waals surface area contributed by atoms with Gasteiger partial charge in [0, 0.05) is 33.9 Å². The average molecular weight is 242 g/mol. The van der Waals surface area contributed by atoms with Crippen LogP contribution in [0.1, 0.15) is 5.56 Å². The molecule has 1 aliphatic rings. The fourth-order valence-corrected chi connectivity index (χ4v) is 3.12. The lowest BCUT2D eigenvalue weighted by molar-refractivity contribution is 1.21. The van der Waals surface area contributed by atoms with Crippen LogP contribution >= 0.6 is 0 Å². The predicted octanol–water partition coefficient (Wildman–Crippen LogP) is 3.17. The first-order chi connectivity index (χ1) is 9.42. The van der Waals surface area contributed by atoms with Crippen molar-refractivity contribution in [3.8, 4) is 0 Å². The van der Waals surface area contributed by atoms with Crippen molar-refractivity contribution in [2.45, 2.75) is 0 Å². The highest BCUT2D eigenvalue weighted by molar-refractivity contribution is 6.15. The summed E-state index contributed by atoms with van der Waals surface area (Å²) in [7, 11) is 0. The molecule has 0 atom stereocenters. The van der Waals surface area contributed by atoms with Crippen molar-refractivity contribution < 1.29 is 0 Å². The second kappa shape index (κ2) is 3.04. The Kier molecular flexibility index (Phi) is 1.49. The van der Waals surface area contributed by atoms with E-state index in [2.05, 4.69) is 59.3 Å². The SMILES string of the molecule is C1=Cc2cn3ccc4nc5ccccc5c4c3c2=C1. The van der Waals surface area contributed by atoms with Gasteiger partial charge in [-0.05, 0) is 12.1 Å². The van der Waals surface area contributed by atoms with Gasteiger partial charge in [0.05, 0.1) is 16.6 Å². The Morgan fingerprint density at radius 3 is 2.95 bits per heavy atom. The van der Waals surface area contributed by atoms with Crippen LogP contribution in [-0.4, -0.2) is 9.38 Å². The quantitative estimate of drug-likeness (QED) is 0.463. The molecule has 0 bridgehead atoms. The highest BCUT2D eigenvalue weighted by Gasteiger charge is 2.13. The van der Waals surface area contributed by atoms with Gasteiger partial charge < -0.3 is 4.40 Å². The molecular weight excluding hydrogens is 232 g/mol. The standard InChI is InChI=1S/C17H10N2/c1-2-7-14-13(5-1)16-15(18-14)8-9-19-10-11-4-3-6-12(11)17(16)19/h1-10H. The van der Waals surface area contributed by atoms with Crippen molar-refractivity contribution in [3.05, 3.63) is 59.6 Å². The van der Waals surface area contributed by atoms with Gasteiger partial charge in [-0.1, -0.05) is 36.4 Å². The van der Waals surface area contributed by atoms with E-state index < -0.39 is 0 Å². The molecule has 0 N–H and O–H groups in total. The molecule has 1 aliphatic carbocycles. The Hall–Kier alpha value is -2.61. The van der Waals surface area contributed by atoms with Gasteiger partial charge in [0.15, 0.2) is 0 Å². The summed E-state index contributed by atoms with van der Waals surface area (Å²) < 4.78 is 2.21. The van der Waals surface area contributed by atoms with Gasteiger partial charge in [0.25, 0.3) is 0 Å². The Bertz CT molecular complexity index is 1050. The van der Waals surface area contributed by atoms with E-state index in [9.17, 15) is 0 Å². The molecule has 2 heteroatoms. The minimum Gasteiger partial charge on any atom is -0.322 e. The van der Waals surface area contributed by atoms with E-state index in [1.807, 2.05) is 6.07 Å². The number of pyridine rings is 1. The second-order valence-corrected chi connectivity index (χ2v) is 4.98. The van der Waals surface area contributed by atoms with Crippen molar-refractivity contribution in [1.29, 1.82) is 0 Å². The summed E-state index contributed by atoms with van der Waals surface area (Å²) in [6.45, 7) is 0. The molecule has 0 amide bonds. The van der Waals surface area contributed by atoms with Gasteiger partial charge in [-0.15, -0.1) is 0 Å². The van der Waals surface area contributed by atoms with Gasteiger partial charge in [-0.25, -0.2) is 4.98 Å². The minimum absolute atomic E-state index is 1.08. The molecule has 3 aromatic heterocycles. The van der Waals surface area contributed by atoms with E-state index in [0.717, 1.165) is 11.0 Å². The largest absolute Gasteiger partial charge is 0.322 e. The van der Waals surface area contributed by atoms with Crippen LogP contribution in [0, 0.1) is 0 Å². The molecule has 1 aromatic carbocycles. The lowest BCUT2D eigenvalue weighted by Gasteiger charge is -1.97. The molecule has 19 heavy (non-hydrogen) atoms. The van der Waals surface area contributed by atoms with E-state index in [-0.39, 0.29) is 0 Å². The number of hydrogen-bond acceptors (Lipinski definition) is 1. The zero-order chi connectivity index (χ0) is 12.4. The summed E-state index contributed by atoms with van der Waals surface area (Å²) >= 11 is 0. The van der Waals surface area contributed by atoms with Crippen molar-refractivity contribution in [1.82, 2.24) is 9.38 Å². The number of nitrogens with zero attached hydrogens (tertiary/aromatic N) is 2. The lowest BCUT2D eigenvalue weighted by atomic mass is 10.1. The first kappa shape index (κ1) is 9.34. The number of aromatic nitrogens is 2. The van der Waals surface area contributed by atoms with Crippen LogP contribution in [0.3, 0.4) is 0 Å². The Balaban J connectivity index is 2.19. The van der Waals surface area contributed by atoms with Gasteiger partial charge in [0.2, 0.25) is 0 Å². The van der Waals surface area contributed by atoms with Gasteiger partial charge in [-0.2, -0.15) is 0 Å². The number of para-hydroxylation sites is 1. The molecule has 4 aromatic rings. The molecule has 0 fully saturated rings. The molecular formula is C17H10N2. The molecule has 0 aliphatic heterocycles. The maximum atomic E-state index is 4.72. The second-order valence-electron chi connectivity index (χ2n) is 4.98. The molecule has 88 valence electrons. The smallest absolute Gasteiger partial charge is 0.0752 e. The number of rotatable bonds is 0. The van der Waals surface area contributed by atoms with Crippen LogP contribution in [-0.2, 0) is 0 Å². The monoisotopic (exact) mass is 242 g/mol. The summed E-state index contributed by atoms with van der Waals surface area (Å²) in [5, 5.41) is 3.81. The van der Waals surface area contributed by atoms with Crippen LogP contribution in [0.4, 0.5) is 0 Å². The third-order valence-electron chi connectivity index (χ3n) is 3.94. The summed E-state index contributed by atoms with van der Waals surface area (Å²) in [6.07, 6.45) is 10.7. The van der Waals surface area contributed by atoms with Gasteiger partial charge in [-0.3, -0.25) is 0 Å². The lowest BCUT2D eigenvalue weighted by Crippen LogP contribution is -1.99. The highest BCUT2D eigenvalue weighted by atomic mass is 14.9. The first-order valence-corrected chi connectivity index (χ1v) is 6.42. The fourth-order valence-electron chi connectivity index (χ4n) is 3.12. The first-order valence-electron chi connectivity index (χ1n) is 6.42. The molecule has 0 unspecified atom stereocenters. The van der Waals surface area contributed by atoms with E-state index >= 15 is 0 Å². The predicted molar refractivity (Wildman–Crippen MR) is 78.9 cm³/mol. The van der Waals surface area contributed by atoms with Crippen LogP contribution in [0.15, 0.2) is 48.8 Å². The van der Waals surface area contributed by atoms with Gasteiger partial charge >= 0.3 is 0 Å². The van der Waals surface area contributed by atoms with E-state index in [0.29, 0.717) is 0 Å². The van der Waals surface area contributed by atoms with Crippen LogP contribution < -0.4 is 5.22 Å². The molecule has 0 radical (unpaired) electrons. The van der Waals surface area contributed by atoms with Crippen molar-refractivity contribution >= 4 is 39.5 Å². The third-order valence-corrected chi connectivity index (χ3v) is 3.94. The third kappa shape index (κ3) is 1.04. The normalized spacial score (nSPS) is 13.5. The number of hydrogen-bond donors (Lipinski definition) is 0. The average Bonchev–Trinajstić information content (AvgIpc) is 3.08. The highest BCUT2D eigenvalue weighted by Crippen LogP contribution is 2.28. The zero-order valence-corrected chi connectivity index (χ0v) is 10.2. The van der Waals surface area contributed by atoms with Crippen molar-refractivity contribution in [2.24, 2.45) is 0 Å². The summed E-state index contributed by atoms with van der Waals surface area (Å²) in [4.78, 5) is 4.72. The molecule has 3 heterocycles. The molecule has 5 rings (SSSR count). The van der Waals surface area contributed by atoms with Crippen molar-refractivity contribution in [2.75, 3.05) is 0 Å². The minimum atomic E-state index is 1.08. The van der Waals surface area contributed by atoms with Crippen LogP contribution in [0.2, 0.25) is 0 Å². The Labute approximate surface area is 109 Å². The van der Waals surface area contributed by atoms with Crippen molar-refractivity contribution in [3.63, 3.8) is 0 Å². The molecule has 0 spiro atoms. The molecule has 2 nitrogen and oxygen atoms in total. The number of benzene rings is 1. The van der Waals surface area contributed by atoms with Crippen LogP contribution in [0.5, 0.6) is 0 Å². The molecule has 0 saturated heterocycles. The molecule has 0 saturated carbocycles. The maximum absolute atomic E-state index is 4.72. The van der Waals surface area contributed by atoms with E-state index in [1.54, 1.807) is 0 Å². The Morgan fingerprint density at radius 2 is 1.95 bits per heavy atom. The van der Waals surface area contributed by atoms with E-state index in [4.69, 9.17) is 4.98 Å². The van der Waals surface area contributed by atoms with Gasteiger partial charge in [0.1, 0.15) is 0 Å². The summed E-state index contributed by atoms with van der Waals surface area (Å²) in [6, 6.07) is 10.5. The summed E-state index contributed by atoms with van der Waals surface area (Å²) in [5.74, 6) is 0. The van der Waals surface area contributed by atoms with E-state index in [1.165, 1.54) is 27.1 Å². The van der Waals surface area contributed by atoms with Crippen LogP contribution in [0.25, 0.3) is 39.5 Å². The summed E-state index contributed by atoms with van der Waals surface area (Å²) in [5.41, 5.74) is 4.71. The maximum Gasteiger partial charge on any atom is 0.0752 e.